The van der Waals surface area contributed by atoms with Gasteiger partial charge in [0.2, 0.25) is 0 Å². The van der Waals surface area contributed by atoms with E-state index in [1.165, 1.54) is 6.33 Å². The van der Waals surface area contributed by atoms with Gasteiger partial charge in [0.05, 0.1) is 6.54 Å². The summed E-state index contributed by atoms with van der Waals surface area (Å²) in [5.41, 5.74) is 0. The number of hydrogen-bond acceptors (Lipinski definition) is 5. The van der Waals surface area contributed by atoms with E-state index in [0.717, 1.165) is 18.8 Å². The van der Waals surface area contributed by atoms with Crippen LogP contribution in [0.3, 0.4) is 0 Å². The predicted octanol–water partition coefficient (Wildman–Crippen LogP) is 0.557. The van der Waals surface area contributed by atoms with Crippen molar-refractivity contribution in [3.63, 3.8) is 0 Å². The van der Waals surface area contributed by atoms with Crippen LogP contribution in [0.5, 0.6) is 0 Å². The first-order valence-electron chi connectivity index (χ1n) is 5.29. The fraction of sp³-hybridized carbons (Fsp3) is 0.400. The fourth-order valence-corrected chi connectivity index (χ4v) is 1.36. The molecule has 2 heterocycles. The Labute approximate surface area is 93.7 Å². The lowest BCUT2D eigenvalue weighted by Crippen LogP contribution is -2.18. The van der Waals surface area contributed by atoms with Crippen molar-refractivity contribution in [2.24, 2.45) is 0 Å². The summed E-state index contributed by atoms with van der Waals surface area (Å²) in [4.78, 5) is 4.19. The van der Waals surface area contributed by atoms with Crippen molar-refractivity contribution in [2.75, 3.05) is 6.54 Å². The van der Waals surface area contributed by atoms with Gasteiger partial charge in [0.25, 0.3) is 0 Å². The van der Waals surface area contributed by atoms with Crippen LogP contribution in [-0.4, -0.2) is 31.5 Å². The van der Waals surface area contributed by atoms with Gasteiger partial charge in [-0.05, 0) is 25.1 Å². The molecule has 0 spiro atoms. The highest BCUT2D eigenvalue weighted by atomic mass is 15.4. The van der Waals surface area contributed by atoms with Gasteiger partial charge in [-0.3, -0.25) is 0 Å². The van der Waals surface area contributed by atoms with E-state index in [1.807, 2.05) is 12.1 Å². The molecule has 0 radical (unpaired) electrons. The predicted molar refractivity (Wildman–Crippen MR) is 58.9 cm³/mol. The molecule has 0 aliphatic rings. The molecule has 2 aromatic heterocycles. The Morgan fingerprint density at radius 1 is 1.44 bits per heavy atom. The van der Waals surface area contributed by atoms with Crippen LogP contribution < -0.4 is 5.32 Å². The summed E-state index contributed by atoms with van der Waals surface area (Å²) in [6.07, 6.45) is 4.26. The van der Waals surface area contributed by atoms with Crippen molar-refractivity contribution < 1.29 is 0 Å². The summed E-state index contributed by atoms with van der Waals surface area (Å²) in [5.74, 6) is 1.53. The highest BCUT2D eigenvalue weighted by Gasteiger charge is 2.06. The first-order chi connectivity index (χ1) is 7.92. The summed E-state index contributed by atoms with van der Waals surface area (Å²) in [7, 11) is 0. The summed E-state index contributed by atoms with van der Waals surface area (Å²) >= 11 is 0. The molecule has 0 unspecified atom stereocenters. The van der Waals surface area contributed by atoms with Crippen molar-refractivity contribution in [1.29, 1.82) is 0 Å². The maximum Gasteiger partial charge on any atom is 0.177 e. The Kier molecular flexibility index (Phi) is 3.55. The standard InChI is InChI=1S/C10H14N6/c1-2-5-11-7-10-12-8-14-16(10)9-4-3-6-13-15-9/h3-4,6,8,11H,2,5,7H2,1H3. The van der Waals surface area contributed by atoms with Gasteiger partial charge in [-0.25, -0.2) is 4.98 Å². The molecular weight excluding hydrogens is 204 g/mol. The van der Waals surface area contributed by atoms with Gasteiger partial charge in [0, 0.05) is 6.20 Å². The van der Waals surface area contributed by atoms with Gasteiger partial charge in [-0.1, -0.05) is 6.92 Å². The molecule has 0 fully saturated rings. The molecule has 2 rings (SSSR count). The van der Waals surface area contributed by atoms with E-state index in [4.69, 9.17) is 0 Å². The summed E-state index contributed by atoms with van der Waals surface area (Å²) in [6.45, 7) is 3.78. The molecule has 0 saturated heterocycles. The van der Waals surface area contributed by atoms with Crippen molar-refractivity contribution in [1.82, 2.24) is 30.3 Å². The van der Waals surface area contributed by atoms with Crippen molar-refractivity contribution in [3.05, 3.63) is 30.5 Å². The highest BCUT2D eigenvalue weighted by molar-refractivity contribution is 5.18. The molecule has 0 saturated carbocycles. The summed E-state index contributed by atoms with van der Waals surface area (Å²) in [6, 6.07) is 3.68. The van der Waals surface area contributed by atoms with Crippen LogP contribution in [0.2, 0.25) is 0 Å². The molecule has 0 aliphatic carbocycles. The number of aromatic nitrogens is 5. The number of rotatable bonds is 5. The molecule has 1 N–H and O–H groups in total. The average molecular weight is 218 g/mol. The number of nitrogens with one attached hydrogen (secondary N) is 1. The molecule has 0 atom stereocenters. The molecule has 0 aromatic carbocycles. The van der Waals surface area contributed by atoms with E-state index in [0.29, 0.717) is 12.4 Å². The van der Waals surface area contributed by atoms with E-state index in [2.05, 4.69) is 32.5 Å². The Morgan fingerprint density at radius 2 is 2.38 bits per heavy atom. The Morgan fingerprint density at radius 3 is 3.12 bits per heavy atom. The van der Waals surface area contributed by atoms with E-state index in [-0.39, 0.29) is 0 Å². The molecule has 0 aliphatic heterocycles. The molecule has 84 valence electrons. The zero-order chi connectivity index (χ0) is 11.2. The molecule has 2 aromatic rings. The van der Waals surface area contributed by atoms with Gasteiger partial charge in [0.15, 0.2) is 5.82 Å². The van der Waals surface area contributed by atoms with Crippen LogP contribution in [-0.2, 0) is 6.54 Å². The van der Waals surface area contributed by atoms with Crippen molar-refractivity contribution in [2.45, 2.75) is 19.9 Å². The van der Waals surface area contributed by atoms with Crippen LogP contribution in [0.15, 0.2) is 24.7 Å². The minimum atomic E-state index is 0.685. The van der Waals surface area contributed by atoms with Crippen LogP contribution in [0.1, 0.15) is 19.2 Å². The first kappa shape index (κ1) is 10.7. The third-order valence-corrected chi connectivity index (χ3v) is 2.10. The Bertz CT molecular complexity index is 424. The SMILES string of the molecule is CCCNCc1ncnn1-c1cccnn1. The van der Waals surface area contributed by atoms with E-state index in [9.17, 15) is 0 Å². The minimum Gasteiger partial charge on any atom is -0.310 e. The molecule has 0 bridgehead atoms. The van der Waals surface area contributed by atoms with E-state index < -0.39 is 0 Å². The third-order valence-electron chi connectivity index (χ3n) is 2.10. The summed E-state index contributed by atoms with van der Waals surface area (Å²) in [5, 5.41) is 15.2. The van der Waals surface area contributed by atoms with E-state index in [1.54, 1.807) is 10.9 Å². The van der Waals surface area contributed by atoms with Gasteiger partial charge in [-0.2, -0.15) is 14.9 Å². The second kappa shape index (κ2) is 5.32. The fourth-order valence-electron chi connectivity index (χ4n) is 1.36. The van der Waals surface area contributed by atoms with Gasteiger partial charge >= 0.3 is 0 Å². The van der Waals surface area contributed by atoms with Crippen molar-refractivity contribution >= 4 is 0 Å². The largest absolute Gasteiger partial charge is 0.310 e. The van der Waals surface area contributed by atoms with Crippen LogP contribution in [0, 0.1) is 0 Å². The van der Waals surface area contributed by atoms with Crippen LogP contribution in [0.25, 0.3) is 5.82 Å². The lowest BCUT2D eigenvalue weighted by atomic mass is 10.4. The minimum absolute atomic E-state index is 0.685. The maximum absolute atomic E-state index is 4.19. The quantitative estimate of drug-likeness (QED) is 0.742. The number of hydrogen-bond donors (Lipinski definition) is 1. The smallest absolute Gasteiger partial charge is 0.177 e. The molecule has 6 nitrogen and oxygen atoms in total. The highest BCUT2D eigenvalue weighted by Crippen LogP contribution is 2.02. The normalized spacial score (nSPS) is 10.6. The lowest BCUT2D eigenvalue weighted by molar-refractivity contribution is 0.627. The van der Waals surface area contributed by atoms with Gasteiger partial charge in [0.1, 0.15) is 12.2 Å². The molecule has 0 amide bonds. The summed E-state index contributed by atoms with van der Waals surface area (Å²) < 4.78 is 1.69. The molecular formula is C10H14N6. The Balaban J connectivity index is 2.13. The first-order valence-corrected chi connectivity index (χ1v) is 5.29. The third kappa shape index (κ3) is 2.40. The number of nitrogens with zero attached hydrogens (tertiary/aromatic N) is 5. The van der Waals surface area contributed by atoms with Crippen LogP contribution in [0.4, 0.5) is 0 Å². The maximum atomic E-state index is 4.19. The monoisotopic (exact) mass is 218 g/mol. The van der Waals surface area contributed by atoms with Gasteiger partial charge < -0.3 is 5.32 Å². The lowest BCUT2D eigenvalue weighted by Gasteiger charge is -2.04. The Hall–Kier alpha value is -1.82. The van der Waals surface area contributed by atoms with Crippen molar-refractivity contribution in [3.8, 4) is 5.82 Å². The molecule has 6 heteroatoms. The molecule has 16 heavy (non-hydrogen) atoms. The second-order valence-electron chi connectivity index (χ2n) is 3.35. The zero-order valence-corrected chi connectivity index (χ0v) is 9.17. The second-order valence-corrected chi connectivity index (χ2v) is 3.35. The van der Waals surface area contributed by atoms with Crippen LogP contribution >= 0.6 is 0 Å². The van der Waals surface area contributed by atoms with Gasteiger partial charge in [-0.15, -0.1) is 5.10 Å². The zero-order valence-electron chi connectivity index (χ0n) is 9.17. The van der Waals surface area contributed by atoms with E-state index >= 15 is 0 Å². The topological polar surface area (TPSA) is 68.5 Å². The average Bonchev–Trinajstić information content (AvgIpc) is 2.79.